The number of anilines is 1. The van der Waals surface area contributed by atoms with Crippen molar-refractivity contribution in [3.8, 4) is 5.75 Å². The van der Waals surface area contributed by atoms with E-state index >= 15 is 0 Å². The fourth-order valence-electron chi connectivity index (χ4n) is 3.67. The van der Waals surface area contributed by atoms with Crippen LogP contribution < -0.4 is 15.2 Å². The molecule has 4 rings (SSSR count). The second-order valence-electron chi connectivity index (χ2n) is 6.71. The molecule has 0 aliphatic carbocycles. The summed E-state index contributed by atoms with van der Waals surface area (Å²) in [5, 5.41) is 12.1. The summed E-state index contributed by atoms with van der Waals surface area (Å²) in [7, 11) is 1.95. The molecule has 1 atom stereocenters. The zero-order valence-electron chi connectivity index (χ0n) is 14.6. The molecule has 8 nitrogen and oxygen atoms in total. The molecule has 138 valence electrons. The molecule has 1 aromatic heterocycles. The largest absolute Gasteiger partial charge is 0.477 e. The van der Waals surface area contributed by atoms with Crippen LogP contribution in [0.25, 0.3) is 0 Å². The van der Waals surface area contributed by atoms with Gasteiger partial charge in [-0.25, -0.2) is 0 Å². The highest BCUT2D eigenvalue weighted by Crippen LogP contribution is 2.32. The molecule has 0 fully saturated rings. The number of benzene rings is 1. The molecule has 0 radical (unpaired) electrons. The molecule has 2 aliphatic heterocycles. The number of aromatic amines is 1. The third-order valence-electron chi connectivity index (χ3n) is 5.01. The lowest BCUT2D eigenvalue weighted by Crippen LogP contribution is -2.50. The number of carbonyl (C=O) groups is 1. The van der Waals surface area contributed by atoms with Crippen molar-refractivity contribution in [1.29, 1.82) is 0 Å². The van der Waals surface area contributed by atoms with E-state index in [1.807, 2.05) is 36.2 Å². The minimum absolute atomic E-state index is 0.0761. The van der Waals surface area contributed by atoms with Gasteiger partial charge in [-0.15, -0.1) is 0 Å². The van der Waals surface area contributed by atoms with Gasteiger partial charge >= 0.3 is 0 Å². The van der Waals surface area contributed by atoms with Gasteiger partial charge in [0.2, 0.25) is 0 Å². The van der Waals surface area contributed by atoms with Gasteiger partial charge in [-0.2, -0.15) is 0 Å². The number of amides is 1. The van der Waals surface area contributed by atoms with Crippen LogP contribution in [0.15, 0.2) is 29.1 Å². The smallest absolute Gasteiger partial charge is 0.270 e. The molecule has 1 amide bonds. The predicted octanol–water partition coefficient (Wildman–Crippen LogP) is -0.0492. The quantitative estimate of drug-likeness (QED) is 0.803. The van der Waals surface area contributed by atoms with E-state index in [1.165, 1.54) is 4.68 Å². The monoisotopic (exact) mass is 358 g/mol. The van der Waals surface area contributed by atoms with Crippen molar-refractivity contribution in [2.24, 2.45) is 0 Å². The predicted molar refractivity (Wildman–Crippen MR) is 95.4 cm³/mol. The van der Waals surface area contributed by atoms with Crippen molar-refractivity contribution in [2.45, 2.75) is 25.6 Å². The van der Waals surface area contributed by atoms with Crippen LogP contribution in [0.3, 0.4) is 0 Å². The maximum absolute atomic E-state index is 13.0. The highest BCUT2D eigenvalue weighted by Gasteiger charge is 2.34. The number of nitrogens with one attached hydrogen (secondary N) is 1. The average Bonchev–Trinajstić information content (AvgIpc) is 2.96. The molecular weight excluding hydrogens is 336 g/mol. The first-order valence-electron chi connectivity index (χ1n) is 8.75. The summed E-state index contributed by atoms with van der Waals surface area (Å²) < 4.78 is 7.33. The number of fused-ring (bicyclic) bond motifs is 2. The number of likely N-dealkylation sites (N-methyl/N-ethyl adjacent to an activating group) is 1. The van der Waals surface area contributed by atoms with Crippen molar-refractivity contribution < 1.29 is 14.6 Å². The van der Waals surface area contributed by atoms with E-state index in [4.69, 9.17) is 9.84 Å². The van der Waals surface area contributed by atoms with E-state index in [0.717, 1.165) is 11.4 Å². The summed E-state index contributed by atoms with van der Waals surface area (Å²) in [6, 6.07) is 7.67. The second kappa shape index (κ2) is 6.53. The minimum Gasteiger partial charge on any atom is -0.477 e. The number of carbonyl (C=O) groups excluding carboxylic acids is 1. The molecule has 1 aromatic carbocycles. The van der Waals surface area contributed by atoms with Crippen LogP contribution in [-0.4, -0.2) is 58.5 Å². The van der Waals surface area contributed by atoms with Crippen LogP contribution in [0, 0.1) is 0 Å². The molecule has 0 saturated carbocycles. The topological polar surface area (TPSA) is 90.8 Å². The van der Waals surface area contributed by atoms with E-state index in [1.54, 1.807) is 4.90 Å². The summed E-state index contributed by atoms with van der Waals surface area (Å²) in [5.41, 5.74) is 2.31. The van der Waals surface area contributed by atoms with Crippen molar-refractivity contribution in [1.82, 2.24) is 14.7 Å². The highest BCUT2D eigenvalue weighted by atomic mass is 16.5. The van der Waals surface area contributed by atoms with Gasteiger partial charge in [-0.1, -0.05) is 12.1 Å². The Morgan fingerprint density at radius 1 is 1.38 bits per heavy atom. The number of hydrogen-bond donors (Lipinski definition) is 2. The first-order chi connectivity index (χ1) is 12.6. The molecular formula is C18H22N4O4. The SMILES string of the molecule is CN1CC(C(=O)N2CCc3c([nH]n(CCO)c3=O)C2)Oc2ccccc21. The normalized spacial score (nSPS) is 18.9. The van der Waals surface area contributed by atoms with Crippen LogP contribution in [0.4, 0.5) is 5.69 Å². The first kappa shape index (κ1) is 16.7. The van der Waals surface area contributed by atoms with Crippen molar-refractivity contribution >= 4 is 11.6 Å². The fraction of sp³-hybridized carbons (Fsp3) is 0.444. The summed E-state index contributed by atoms with van der Waals surface area (Å²) in [5.74, 6) is 0.632. The molecule has 8 heteroatoms. The lowest BCUT2D eigenvalue weighted by Gasteiger charge is -2.36. The standard InChI is InChI=1S/C18H22N4O4/c1-20-11-16(26-15-5-3-2-4-14(15)20)18(25)21-7-6-12-13(10-21)19-22(8-9-23)17(12)24/h2-5,16,19,23H,6-11H2,1H3. The van der Waals surface area contributed by atoms with Gasteiger partial charge in [-0.3, -0.25) is 19.4 Å². The van der Waals surface area contributed by atoms with Crippen LogP contribution in [0.2, 0.25) is 0 Å². The number of ether oxygens (including phenoxy) is 1. The van der Waals surface area contributed by atoms with Crippen LogP contribution >= 0.6 is 0 Å². The number of rotatable bonds is 3. The molecule has 0 spiro atoms. The Morgan fingerprint density at radius 3 is 3.00 bits per heavy atom. The highest BCUT2D eigenvalue weighted by molar-refractivity contribution is 5.83. The summed E-state index contributed by atoms with van der Waals surface area (Å²) in [6.07, 6.45) is -0.0590. The Kier molecular flexibility index (Phi) is 4.20. The van der Waals surface area contributed by atoms with Gasteiger partial charge in [0.05, 0.1) is 37.6 Å². The van der Waals surface area contributed by atoms with E-state index in [0.29, 0.717) is 37.4 Å². The number of nitrogens with zero attached hydrogens (tertiary/aromatic N) is 3. The summed E-state index contributed by atoms with van der Waals surface area (Å²) in [6.45, 7) is 1.45. The van der Waals surface area contributed by atoms with Crippen LogP contribution in [0.1, 0.15) is 11.3 Å². The lowest BCUT2D eigenvalue weighted by molar-refractivity contribution is -0.139. The van der Waals surface area contributed by atoms with Gasteiger partial charge in [0.25, 0.3) is 11.5 Å². The van der Waals surface area contributed by atoms with Crippen LogP contribution in [0.5, 0.6) is 5.75 Å². The Hall–Kier alpha value is -2.74. The maximum atomic E-state index is 13.0. The van der Waals surface area contributed by atoms with E-state index < -0.39 is 6.10 Å². The molecule has 0 saturated heterocycles. The number of aliphatic hydroxyl groups excluding tert-OH is 1. The number of para-hydroxylation sites is 2. The molecule has 2 N–H and O–H groups in total. The molecule has 26 heavy (non-hydrogen) atoms. The second-order valence-corrected chi connectivity index (χ2v) is 6.71. The van der Waals surface area contributed by atoms with Gasteiger partial charge in [-0.05, 0) is 18.6 Å². The number of hydrogen-bond acceptors (Lipinski definition) is 5. The Labute approximate surface area is 150 Å². The first-order valence-corrected chi connectivity index (χ1v) is 8.75. The van der Waals surface area contributed by atoms with Crippen molar-refractivity contribution in [3.63, 3.8) is 0 Å². The number of aromatic nitrogens is 2. The van der Waals surface area contributed by atoms with E-state index in [-0.39, 0.29) is 24.6 Å². The number of aliphatic hydroxyl groups is 1. The third-order valence-corrected chi connectivity index (χ3v) is 5.01. The van der Waals surface area contributed by atoms with Gasteiger partial charge in [0.1, 0.15) is 5.75 Å². The van der Waals surface area contributed by atoms with Crippen molar-refractivity contribution in [2.75, 3.05) is 31.6 Å². The van der Waals surface area contributed by atoms with Gasteiger partial charge < -0.3 is 19.6 Å². The van der Waals surface area contributed by atoms with E-state index in [2.05, 4.69) is 5.10 Å². The molecule has 2 aliphatic rings. The zero-order chi connectivity index (χ0) is 18.3. The third kappa shape index (κ3) is 2.76. The molecule has 3 heterocycles. The Morgan fingerprint density at radius 2 is 2.19 bits per heavy atom. The van der Waals surface area contributed by atoms with Gasteiger partial charge in [0, 0.05) is 19.2 Å². The lowest BCUT2D eigenvalue weighted by atomic mass is 10.1. The zero-order valence-corrected chi connectivity index (χ0v) is 14.6. The van der Waals surface area contributed by atoms with Gasteiger partial charge in [0.15, 0.2) is 6.10 Å². The summed E-state index contributed by atoms with van der Waals surface area (Å²) in [4.78, 5) is 29.0. The maximum Gasteiger partial charge on any atom is 0.270 e. The fourth-order valence-corrected chi connectivity index (χ4v) is 3.67. The molecule has 0 bridgehead atoms. The summed E-state index contributed by atoms with van der Waals surface area (Å²) >= 11 is 0. The van der Waals surface area contributed by atoms with Crippen LogP contribution in [-0.2, 0) is 24.3 Å². The minimum atomic E-state index is -0.567. The molecule has 2 aromatic rings. The average molecular weight is 358 g/mol. The Bertz CT molecular complexity index is 888. The van der Waals surface area contributed by atoms with Crippen molar-refractivity contribution in [3.05, 3.63) is 45.9 Å². The molecule has 1 unspecified atom stereocenters. The van der Waals surface area contributed by atoms with E-state index in [9.17, 15) is 9.59 Å². The number of H-pyrrole nitrogens is 1. The Balaban J connectivity index is 1.52.